The van der Waals surface area contributed by atoms with Crippen molar-refractivity contribution in [2.24, 2.45) is 0 Å². The van der Waals surface area contributed by atoms with Crippen LogP contribution < -0.4 is 0 Å². The highest BCUT2D eigenvalue weighted by atomic mass is 32.1. The van der Waals surface area contributed by atoms with E-state index in [1.807, 2.05) is 32.9 Å². The zero-order chi connectivity index (χ0) is 11.3. The quantitative estimate of drug-likeness (QED) is 0.742. The van der Waals surface area contributed by atoms with Crippen molar-refractivity contribution in [3.63, 3.8) is 0 Å². The third kappa shape index (κ3) is 3.43. The molecule has 0 aliphatic heterocycles. The van der Waals surface area contributed by atoms with Crippen LogP contribution in [-0.4, -0.2) is 12.4 Å². The van der Waals surface area contributed by atoms with Crippen molar-refractivity contribution < 1.29 is 9.53 Å². The number of ether oxygens (including phenoxy) is 1. The molecule has 3 heteroatoms. The van der Waals surface area contributed by atoms with Gasteiger partial charge in [-0.3, -0.25) is 4.79 Å². The standard InChI is InChI=1S/C12H18O2S/c1-4-6-10(13)12(14-5-2)11-8-7-9(3)15-11/h7-8,12H,4-6H2,1-3H3. The first kappa shape index (κ1) is 12.4. The van der Waals surface area contributed by atoms with E-state index in [2.05, 4.69) is 0 Å². The number of carbonyl (C=O) groups excluding carboxylic acids is 1. The topological polar surface area (TPSA) is 26.3 Å². The number of hydrogen-bond donors (Lipinski definition) is 0. The normalized spacial score (nSPS) is 12.7. The summed E-state index contributed by atoms with van der Waals surface area (Å²) >= 11 is 1.64. The Labute approximate surface area is 95.3 Å². The van der Waals surface area contributed by atoms with Gasteiger partial charge in [0.15, 0.2) is 5.78 Å². The van der Waals surface area contributed by atoms with Crippen LogP contribution in [0.1, 0.15) is 42.5 Å². The van der Waals surface area contributed by atoms with Gasteiger partial charge in [-0.05, 0) is 32.4 Å². The lowest BCUT2D eigenvalue weighted by Crippen LogP contribution is -2.14. The molecule has 1 aromatic heterocycles. The van der Waals surface area contributed by atoms with Gasteiger partial charge in [-0.1, -0.05) is 6.92 Å². The number of thiophene rings is 1. The molecule has 0 bridgehead atoms. The van der Waals surface area contributed by atoms with Gasteiger partial charge in [0.25, 0.3) is 0 Å². The van der Waals surface area contributed by atoms with Crippen LogP contribution in [0.15, 0.2) is 12.1 Å². The fourth-order valence-electron chi connectivity index (χ4n) is 1.47. The first-order valence-electron chi connectivity index (χ1n) is 5.39. The van der Waals surface area contributed by atoms with E-state index in [0.29, 0.717) is 13.0 Å². The van der Waals surface area contributed by atoms with E-state index in [1.165, 1.54) is 4.88 Å². The lowest BCUT2D eigenvalue weighted by atomic mass is 10.1. The van der Waals surface area contributed by atoms with Crippen molar-refractivity contribution in [1.82, 2.24) is 0 Å². The summed E-state index contributed by atoms with van der Waals surface area (Å²) in [6, 6.07) is 4.03. The van der Waals surface area contributed by atoms with Crippen LogP contribution in [0.25, 0.3) is 0 Å². The number of ketones is 1. The molecule has 0 aromatic carbocycles. The predicted molar refractivity (Wildman–Crippen MR) is 63.3 cm³/mol. The van der Waals surface area contributed by atoms with Gasteiger partial charge in [-0.15, -0.1) is 11.3 Å². The Kier molecular flexibility index (Phi) is 4.99. The minimum atomic E-state index is -0.339. The third-order valence-corrected chi connectivity index (χ3v) is 3.19. The minimum Gasteiger partial charge on any atom is -0.365 e. The highest BCUT2D eigenvalue weighted by Gasteiger charge is 2.21. The van der Waals surface area contributed by atoms with Crippen LogP contribution in [0.3, 0.4) is 0 Å². The van der Waals surface area contributed by atoms with E-state index in [9.17, 15) is 4.79 Å². The molecule has 0 spiro atoms. The summed E-state index contributed by atoms with van der Waals surface area (Å²) < 4.78 is 5.52. The Bertz CT molecular complexity index is 317. The van der Waals surface area contributed by atoms with Crippen LogP contribution in [0.4, 0.5) is 0 Å². The summed E-state index contributed by atoms with van der Waals surface area (Å²) in [5, 5.41) is 0. The number of aryl methyl sites for hydroxylation is 1. The van der Waals surface area contributed by atoms with Crippen molar-refractivity contribution >= 4 is 17.1 Å². The van der Waals surface area contributed by atoms with E-state index >= 15 is 0 Å². The van der Waals surface area contributed by atoms with E-state index in [-0.39, 0.29) is 11.9 Å². The molecule has 15 heavy (non-hydrogen) atoms. The summed E-state index contributed by atoms with van der Waals surface area (Å²) in [6.45, 7) is 6.56. The highest BCUT2D eigenvalue weighted by molar-refractivity contribution is 7.12. The molecule has 0 N–H and O–H groups in total. The zero-order valence-corrected chi connectivity index (χ0v) is 10.4. The van der Waals surface area contributed by atoms with Crippen LogP contribution in [-0.2, 0) is 9.53 Å². The maximum absolute atomic E-state index is 11.8. The molecule has 0 saturated heterocycles. The van der Waals surface area contributed by atoms with E-state index < -0.39 is 0 Å². The largest absolute Gasteiger partial charge is 0.365 e. The maximum Gasteiger partial charge on any atom is 0.166 e. The van der Waals surface area contributed by atoms with Crippen LogP contribution in [0, 0.1) is 6.92 Å². The second-order valence-corrected chi connectivity index (χ2v) is 4.82. The minimum absolute atomic E-state index is 0.196. The van der Waals surface area contributed by atoms with Gasteiger partial charge in [0.05, 0.1) is 0 Å². The van der Waals surface area contributed by atoms with Gasteiger partial charge in [0.2, 0.25) is 0 Å². The van der Waals surface area contributed by atoms with Gasteiger partial charge < -0.3 is 4.74 Å². The van der Waals surface area contributed by atoms with Gasteiger partial charge in [-0.25, -0.2) is 0 Å². The molecule has 0 saturated carbocycles. The molecule has 1 aromatic rings. The van der Waals surface area contributed by atoms with E-state index in [1.54, 1.807) is 11.3 Å². The lowest BCUT2D eigenvalue weighted by Gasteiger charge is -2.13. The van der Waals surface area contributed by atoms with Crippen LogP contribution in [0.5, 0.6) is 0 Å². The summed E-state index contributed by atoms with van der Waals surface area (Å²) in [5.41, 5.74) is 0. The summed E-state index contributed by atoms with van der Waals surface area (Å²) in [7, 11) is 0. The Balaban J connectivity index is 2.77. The Hall–Kier alpha value is -0.670. The Morgan fingerprint density at radius 2 is 2.20 bits per heavy atom. The van der Waals surface area contributed by atoms with Gasteiger partial charge in [0, 0.05) is 22.8 Å². The number of hydrogen-bond acceptors (Lipinski definition) is 3. The number of rotatable bonds is 6. The molecule has 1 heterocycles. The lowest BCUT2D eigenvalue weighted by molar-refractivity contribution is -0.130. The molecule has 0 aliphatic carbocycles. The second kappa shape index (κ2) is 6.03. The molecule has 0 fully saturated rings. The van der Waals surface area contributed by atoms with Crippen molar-refractivity contribution in [2.45, 2.75) is 39.7 Å². The number of carbonyl (C=O) groups is 1. The average Bonchev–Trinajstić information content (AvgIpc) is 2.61. The molecule has 84 valence electrons. The molecular weight excluding hydrogens is 208 g/mol. The third-order valence-electron chi connectivity index (χ3n) is 2.14. The first-order chi connectivity index (χ1) is 7.19. The molecule has 0 radical (unpaired) electrons. The first-order valence-corrected chi connectivity index (χ1v) is 6.21. The van der Waals surface area contributed by atoms with Crippen LogP contribution in [0.2, 0.25) is 0 Å². The fraction of sp³-hybridized carbons (Fsp3) is 0.583. The highest BCUT2D eigenvalue weighted by Crippen LogP contribution is 2.27. The molecule has 0 aliphatic rings. The summed E-state index contributed by atoms with van der Waals surface area (Å²) in [5.74, 6) is 0.196. The SMILES string of the molecule is CCCC(=O)C(OCC)c1ccc(C)s1. The van der Waals surface area contributed by atoms with Gasteiger partial charge in [0.1, 0.15) is 6.10 Å². The van der Waals surface area contributed by atoms with E-state index in [0.717, 1.165) is 11.3 Å². The average molecular weight is 226 g/mol. The molecule has 1 unspecified atom stereocenters. The smallest absolute Gasteiger partial charge is 0.166 e. The van der Waals surface area contributed by atoms with E-state index in [4.69, 9.17) is 4.74 Å². The predicted octanol–water partition coefficient (Wildman–Crippen LogP) is 3.50. The van der Waals surface area contributed by atoms with Crippen molar-refractivity contribution in [1.29, 1.82) is 0 Å². The van der Waals surface area contributed by atoms with Gasteiger partial charge >= 0.3 is 0 Å². The second-order valence-electron chi connectivity index (χ2n) is 3.50. The molecular formula is C12H18O2S. The summed E-state index contributed by atoms with van der Waals surface area (Å²) in [4.78, 5) is 14.1. The van der Waals surface area contributed by atoms with Crippen molar-refractivity contribution in [2.75, 3.05) is 6.61 Å². The Morgan fingerprint density at radius 1 is 1.47 bits per heavy atom. The molecule has 0 amide bonds. The number of Topliss-reactive ketones (excluding diaryl/α,β-unsaturated/α-hetero) is 1. The molecule has 2 nitrogen and oxygen atoms in total. The fourth-order valence-corrected chi connectivity index (χ4v) is 2.42. The monoisotopic (exact) mass is 226 g/mol. The van der Waals surface area contributed by atoms with Gasteiger partial charge in [-0.2, -0.15) is 0 Å². The van der Waals surface area contributed by atoms with Crippen molar-refractivity contribution in [3.05, 3.63) is 21.9 Å². The zero-order valence-electron chi connectivity index (χ0n) is 9.58. The Morgan fingerprint density at radius 3 is 2.67 bits per heavy atom. The molecule has 1 atom stereocenters. The van der Waals surface area contributed by atoms with Crippen molar-refractivity contribution in [3.8, 4) is 0 Å². The summed E-state index contributed by atoms with van der Waals surface area (Å²) in [6.07, 6.45) is 1.14. The van der Waals surface area contributed by atoms with Crippen LogP contribution >= 0.6 is 11.3 Å². The molecule has 1 rings (SSSR count). The maximum atomic E-state index is 11.8.